The summed E-state index contributed by atoms with van der Waals surface area (Å²) in [4.78, 5) is 34.1. The molecule has 1 aromatic rings. The number of hydrogen-bond acceptors (Lipinski definition) is 4. The van der Waals surface area contributed by atoms with Gasteiger partial charge < -0.3 is 15.8 Å². The van der Waals surface area contributed by atoms with Crippen LogP contribution in [-0.4, -0.2) is 23.8 Å². The van der Waals surface area contributed by atoms with Gasteiger partial charge in [0.1, 0.15) is 11.8 Å². The lowest BCUT2D eigenvalue weighted by Gasteiger charge is -2.15. The lowest BCUT2D eigenvalue weighted by Crippen LogP contribution is -2.44. The van der Waals surface area contributed by atoms with Crippen LogP contribution in [0, 0.1) is 0 Å². The van der Waals surface area contributed by atoms with Crippen molar-refractivity contribution in [2.75, 3.05) is 0 Å². The van der Waals surface area contributed by atoms with Crippen LogP contribution < -0.4 is 15.8 Å². The van der Waals surface area contributed by atoms with Gasteiger partial charge in [-0.3, -0.25) is 14.4 Å². The summed E-state index contributed by atoms with van der Waals surface area (Å²) in [6.07, 6.45) is 0.284. The van der Waals surface area contributed by atoms with Gasteiger partial charge in [0.05, 0.1) is 0 Å². The Morgan fingerprint density at radius 3 is 2.24 bits per heavy atom. The summed E-state index contributed by atoms with van der Waals surface area (Å²) in [6, 6.07) is 5.17. The minimum Gasteiger partial charge on any atom is -0.427 e. The quantitative estimate of drug-likeness (QED) is 0.466. The summed E-state index contributed by atoms with van der Waals surface area (Å²) in [5.74, 6) is -1.16. The molecule has 6 heteroatoms. The second-order valence-electron chi connectivity index (χ2n) is 4.71. The Kier molecular flexibility index (Phi) is 5.66. The van der Waals surface area contributed by atoms with E-state index in [1.807, 2.05) is 0 Å². The Hall–Kier alpha value is -2.63. The Morgan fingerprint density at radius 1 is 1.24 bits per heavy atom. The molecule has 0 spiro atoms. The molecule has 0 unspecified atom stereocenters. The normalized spacial score (nSPS) is 11.3. The molecule has 21 heavy (non-hydrogen) atoms. The summed E-state index contributed by atoms with van der Waals surface area (Å²) in [5.41, 5.74) is 6.31. The van der Waals surface area contributed by atoms with E-state index < -0.39 is 23.8 Å². The van der Waals surface area contributed by atoms with Crippen molar-refractivity contribution in [2.45, 2.75) is 26.3 Å². The maximum atomic E-state index is 12.0. The Morgan fingerprint density at radius 2 is 1.81 bits per heavy atom. The zero-order valence-electron chi connectivity index (χ0n) is 12.0. The van der Waals surface area contributed by atoms with Gasteiger partial charge in [0.15, 0.2) is 0 Å². The van der Waals surface area contributed by atoms with E-state index in [-0.39, 0.29) is 6.42 Å². The average Bonchev–Trinajstić information content (AvgIpc) is 2.37. The zero-order valence-corrected chi connectivity index (χ0v) is 12.0. The first kappa shape index (κ1) is 16.4. The summed E-state index contributed by atoms with van der Waals surface area (Å²) >= 11 is 0. The van der Waals surface area contributed by atoms with Gasteiger partial charge in [-0.15, -0.1) is 6.58 Å². The van der Waals surface area contributed by atoms with E-state index >= 15 is 0 Å². The standard InChI is InChI=1S/C15H18N2O4/c1-9(2)8-13(14(16)19)17-15(20)11-4-6-12(7-5-11)21-10(3)18/h4-7,13H,1,8H2,2-3H3,(H2,16,19)(H,17,20)/t13-/m1/s1. The van der Waals surface area contributed by atoms with Crippen LogP contribution in [-0.2, 0) is 9.59 Å². The first-order chi connectivity index (χ1) is 9.79. The van der Waals surface area contributed by atoms with E-state index in [9.17, 15) is 14.4 Å². The van der Waals surface area contributed by atoms with Crippen molar-refractivity contribution >= 4 is 17.8 Å². The molecule has 1 atom stereocenters. The van der Waals surface area contributed by atoms with E-state index in [1.54, 1.807) is 6.92 Å². The molecule has 2 amide bonds. The van der Waals surface area contributed by atoms with Crippen LogP contribution in [0.5, 0.6) is 5.75 Å². The van der Waals surface area contributed by atoms with E-state index in [0.29, 0.717) is 11.3 Å². The van der Waals surface area contributed by atoms with Gasteiger partial charge in [-0.1, -0.05) is 5.57 Å². The molecule has 0 aliphatic heterocycles. The van der Waals surface area contributed by atoms with Gasteiger partial charge >= 0.3 is 5.97 Å². The minimum absolute atomic E-state index is 0.284. The van der Waals surface area contributed by atoms with E-state index in [0.717, 1.165) is 5.57 Å². The average molecular weight is 290 g/mol. The fourth-order valence-electron chi connectivity index (χ4n) is 1.65. The number of esters is 1. The number of primary amides is 1. The number of hydrogen-bond donors (Lipinski definition) is 2. The van der Waals surface area contributed by atoms with E-state index in [4.69, 9.17) is 10.5 Å². The van der Waals surface area contributed by atoms with Crippen LogP contribution >= 0.6 is 0 Å². The highest BCUT2D eigenvalue weighted by Gasteiger charge is 2.18. The molecular weight excluding hydrogens is 272 g/mol. The van der Waals surface area contributed by atoms with Gasteiger partial charge in [-0.05, 0) is 37.6 Å². The molecule has 0 saturated heterocycles. The Bertz CT molecular complexity index is 564. The number of ether oxygens (including phenoxy) is 1. The Labute approximate surface area is 123 Å². The SMILES string of the molecule is C=C(C)C[C@@H](NC(=O)c1ccc(OC(C)=O)cc1)C(N)=O. The van der Waals surface area contributed by atoms with Gasteiger partial charge in [0.25, 0.3) is 5.91 Å². The van der Waals surface area contributed by atoms with Crippen molar-refractivity contribution in [3.8, 4) is 5.75 Å². The maximum absolute atomic E-state index is 12.0. The predicted molar refractivity (Wildman–Crippen MR) is 77.6 cm³/mol. The highest BCUT2D eigenvalue weighted by Crippen LogP contribution is 2.13. The number of nitrogens with one attached hydrogen (secondary N) is 1. The molecule has 0 aromatic heterocycles. The van der Waals surface area contributed by atoms with Crippen molar-refractivity contribution in [3.05, 3.63) is 42.0 Å². The van der Waals surface area contributed by atoms with Crippen LogP contribution in [0.25, 0.3) is 0 Å². The molecule has 1 aromatic carbocycles. The molecule has 1 rings (SSSR count). The highest BCUT2D eigenvalue weighted by atomic mass is 16.5. The molecule has 0 aliphatic carbocycles. The van der Waals surface area contributed by atoms with Crippen molar-refractivity contribution in [1.29, 1.82) is 0 Å². The molecule has 0 saturated carbocycles. The fraction of sp³-hybridized carbons (Fsp3) is 0.267. The summed E-state index contributed by atoms with van der Waals surface area (Å²) in [6.45, 7) is 6.72. The number of nitrogens with two attached hydrogens (primary N) is 1. The van der Waals surface area contributed by atoms with Crippen LogP contribution in [0.15, 0.2) is 36.4 Å². The van der Waals surface area contributed by atoms with Gasteiger partial charge in [0.2, 0.25) is 5.91 Å². The molecular formula is C15H18N2O4. The highest BCUT2D eigenvalue weighted by molar-refractivity contribution is 5.97. The first-order valence-electron chi connectivity index (χ1n) is 6.32. The molecule has 112 valence electrons. The van der Waals surface area contributed by atoms with Crippen LogP contribution in [0.3, 0.4) is 0 Å². The minimum atomic E-state index is -0.803. The third-order valence-corrected chi connectivity index (χ3v) is 2.58. The van der Waals surface area contributed by atoms with Crippen molar-refractivity contribution < 1.29 is 19.1 Å². The van der Waals surface area contributed by atoms with Crippen molar-refractivity contribution in [3.63, 3.8) is 0 Å². The van der Waals surface area contributed by atoms with Crippen LogP contribution in [0.2, 0.25) is 0 Å². The first-order valence-corrected chi connectivity index (χ1v) is 6.32. The third-order valence-electron chi connectivity index (χ3n) is 2.58. The van der Waals surface area contributed by atoms with Crippen LogP contribution in [0.1, 0.15) is 30.6 Å². The Balaban J connectivity index is 2.76. The largest absolute Gasteiger partial charge is 0.427 e. The number of carbonyl (C=O) groups is 3. The number of amides is 2. The van der Waals surface area contributed by atoms with Crippen LogP contribution in [0.4, 0.5) is 0 Å². The second kappa shape index (κ2) is 7.23. The fourth-order valence-corrected chi connectivity index (χ4v) is 1.65. The smallest absolute Gasteiger partial charge is 0.308 e. The lowest BCUT2D eigenvalue weighted by atomic mass is 10.1. The number of carbonyl (C=O) groups excluding carboxylic acids is 3. The predicted octanol–water partition coefficient (Wildman–Crippen LogP) is 1.16. The molecule has 0 heterocycles. The van der Waals surface area contributed by atoms with E-state index in [2.05, 4.69) is 11.9 Å². The van der Waals surface area contributed by atoms with Gasteiger partial charge in [0, 0.05) is 12.5 Å². The third kappa shape index (κ3) is 5.48. The van der Waals surface area contributed by atoms with E-state index in [1.165, 1.54) is 31.2 Å². The molecule has 0 radical (unpaired) electrons. The maximum Gasteiger partial charge on any atom is 0.308 e. The summed E-state index contributed by atoms with van der Waals surface area (Å²) < 4.78 is 4.86. The molecule has 0 bridgehead atoms. The summed E-state index contributed by atoms with van der Waals surface area (Å²) in [7, 11) is 0. The molecule has 6 nitrogen and oxygen atoms in total. The monoisotopic (exact) mass is 290 g/mol. The number of benzene rings is 1. The lowest BCUT2D eigenvalue weighted by molar-refractivity contribution is -0.131. The van der Waals surface area contributed by atoms with Gasteiger partial charge in [-0.2, -0.15) is 0 Å². The number of rotatable bonds is 6. The van der Waals surface area contributed by atoms with Crippen molar-refractivity contribution in [2.24, 2.45) is 5.73 Å². The molecule has 0 fully saturated rings. The topological polar surface area (TPSA) is 98.5 Å². The van der Waals surface area contributed by atoms with Gasteiger partial charge in [-0.25, -0.2) is 0 Å². The summed E-state index contributed by atoms with van der Waals surface area (Å²) in [5, 5.41) is 2.54. The van der Waals surface area contributed by atoms with Crippen molar-refractivity contribution in [1.82, 2.24) is 5.32 Å². The molecule has 0 aliphatic rings. The zero-order chi connectivity index (χ0) is 16.0. The molecule has 3 N–H and O–H groups in total. The second-order valence-corrected chi connectivity index (χ2v) is 4.71.